The number of aliphatic hydroxyl groups excluding tert-OH is 1. The molecule has 0 aliphatic heterocycles. The standard InChI is InChI=1S/C14H18N2O4/c17-7-6-12(13(18)19)16-14(20)15-11-5-4-9-2-1-3-10(9)8-11/h4-5,8,12,17H,1-3,6-7H2,(H,18,19)(H2,15,16,20)/t12-/m1/s1. The van der Waals surface area contributed by atoms with Crippen LogP contribution in [0.15, 0.2) is 18.2 Å². The van der Waals surface area contributed by atoms with E-state index in [1.165, 1.54) is 11.1 Å². The molecule has 0 spiro atoms. The number of amides is 2. The number of carboxylic acids is 1. The number of nitrogens with one attached hydrogen (secondary N) is 2. The maximum atomic E-state index is 11.7. The van der Waals surface area contributed by atoms with Crippen molar-refractivity contribution < 1.29 is 19.8 Å². The SMILES string of the molecule is O=C(Nc1ccc2c(c1)CCC2)N[C@H](CCO)C(=O)O. The first-order valence-electron chi connectivity index (χ1n) is 6.63. The van der Waals surface area contributed by atoms with Crippen LogP contribution in [0.4, 0.5) is 10.5 Å². The van der Waals surface area contributed by atoms with Gasteiger partial charge in [-0.3, -0.25) is 0 Å². The van der Waals surface area contributed by atoms with E-state index in [1.807, 2.05) is 18.2 Å². The third-order valence-electron chi connectivity index (χ3n) is 3.38. The second-order valence-corrected chi connectivity index (χ2v) is 4.84. The van der Waals surface area contributed by atoms with Gasteiger partial charge < -0.3 is 20.8 Å². The summed E-state index contributed by atoms with van der Waals surface area (Å²) < 4.78 is 0. The van der Waals surface area contributed by atoms with Gasteiger partial charge in [-0.2, -0.15) is 0 Å². The van der Waals surface area contributed by atoms with Gasteiger partial charge in [-0.05, 0) is 42.5 Å². The number of carbonyl (C=O) groups is 2. The minimum Gasteiger partial charge on any atom is -0.480 e. The minimum absolute atomic E-state index is 0.0209. The van der Waals surface area contributed by atoms with Gasteiger partial charge in [-0.15, -0.1) is 0 Å². The van der Waals surface area contributed by atoms with Crippen molar-refractivity contribution in [2.75, 3.05) is 11.9 Å². The zero-order chi connectivity index (χ0) is 14.5. The monoisotopic (exact) mass is 278 g/mol. The topological polar surface area (TPSA) is 98.7 Å². The average molecular weight is 278 g/mol. The molecule has 0 radical (unpaired) electrons. The second-order valence-electron chi connectivity index (χ2n) is 4.84. The summed E-state index contributed by atoms with van der Waals surface area (Å²) in [6, 6.07) is 4.05. The number of hydrogen-bond acceptors (Lipinski definition) is 3. The van der Waals surface area contributed by atoms with Crippen LogP contribution >= 0.6 is 0 Å². The molecule has 0 heterocycles. The molecule has 0 bridgehead atoms. The molecule has 2 rings (SSSR count). The summed E-state index contributed by atoms with van der Waals surface area (Å²) in [4.78, 5) is 22.6. The van der Waals surface area contributed by atoms with Crippen molar-refractivity contribution in [2.24, 2.45) is 0 Å². The summed E-state index contributed by atoms with van der Waals surface area (Å²) in [5.41, 5.74) is 3.18. The summed E-state index contributed by atoms with van der Waals surface area (Å²) in [6.45, 7) is -0.296. The van der Waals surface area contributed by atoms with Crippen LogP contribution in [0.5, 0.6) is 0 Å². The predicted molar refractivity (Wildman–Crippen MR) is 73.7 cm³/mol. The van der Waals surface area contributed by atoms with Crippen LogP contribution in [0.25, 0.3) is 0 Å². The van der Waals surface area contributed by atoms with Crippen molar-refractivity contribution in [3.8, 4) is 0 Å². The van der Waals surface area contributed by atoms with Gasteiger partial charge in [-0.25, -0.2) is 9.59 Å². The summed E-state index contributed by atoms with van der Waals surface area (Å²) in [5.74, 6) is -1.16. The lowest BCUT2D eigenvalue weighted by molar-refractivity contribution is -0.139. The zero-order valence-corrected chi connectivity index (χ0v) is 11.1. The fourth-order valence-electron chi connectivity index (χ4n) is 2.36. The molecule has 20 heavy (non-hydrogen) atoms. The third-order valence-corrected chi connectivity index (χ3v) is 3.38. The Labute approximate surface area is 116 Å². The lowest BCUT2D eigenvalue weighted by atomic mass is 10.1. The number of aliphatic hydroxyl groups is 1. The second kappa shape index (κ2) is 6.38. The Balaban J connectivity index is 1.95. The number of carboxylic acid groups (broad SMARTS) is 1. The predicted octanol–water partition coefficient (Wildman–Crippen LogP) is 1.13. The number of anilines is 1. The van der Waals surface area contributed by atoms with E-state index in [-0.39, 0.29) is 13.0 Å². The van der Waals surface area contributed by atoms with Crippen LogP contribution in [-0.2, 0) is 17.6 Å². The number of aliphatic carboxylic acids is 1. The maximum Gasteiger partial charge on any atom is 0.326 e. The van der Waals surface area contributed by atoms with Crippen LogP contribution in [0.3, 0.4) is 0 Å². The highest BCUT2D eigenvalue weighted by Crippen LogP contribution is 2.24. The minimum atomic E-state index is -1.16. The number of fused-ring (bicyclic) bond motifs is 1. The Morgan fingerprint density at radius 3 is 2.70 bits per heavy atom. The highest BCUT2D eigenvalue weighted by atomic mass is 16.4. The summed E-state index contributed by atoms with van der Waals surface area (Å²) in [6.07, 6.45) is 3.18. The molecule has 0 saturated heterocycles. The number of aryl methyl sites for hydroxylation is 2. The summed E-state index contributed by atoms with van der Waals surface area (Å²) in [7, 11) is 0. The normalized spacial score (nSPS) is 14.4. The quantitative estimate of drug-likeness (QED) is 0.649. The number of urea groups is 1. The molecule has 2 amide bonds. The van der Waals surface area contributed by atoms with Crippen LogP contribution in [-0.4, -0.2) is 34.9 Å². The molecule has 1 atom stereocenters. The average Bonchev–Trinajstić information content (AvgIpc) is 2.85. The fourth-order valence-corrected chi connectivity index (χ4v) is 2.36. The Morgan fingerprint density at radius 2 is 2.00 bits per heavy atom. The molecule has 0 unspecified atom stereocenters. The van der Waals surface area contributed by atoms with Crippen molar-refractivity contribution in [3.05, 3.63) is 29.3 Å². The van der Waals surface area contributed by atoms with Gasteiger partial charge in [0.15, 0.2) is 0 Å². The van der Waals surface area contributed by atoms with Crippen molar-refractivity contribution in [2.45, 2.75) is 31.7 Å². The van der Waals surface area contributed by atoms with E-state index in [0.29, 0.717) is 5.69 Å². The summed E-state index contributed by atoms with van der Waals surface area (Å²) >= 11 is 0. The van der Waals surface area contributed by atoms with Gasteiger partial charge in [-0.1, -0.05) is 6.07 Å². The molecule has 0 saturated carbocycles. The highest BCUT2D eigenvalue weighted by Gasteiger charge is 2.19. The van der Waals surface area contributed by atoms with Crippen LogP contribution in [0.2, 0.25) is 0 Å². The van der Waals surface area contributed by atoms with Crippen molar-refractivity contribution >= 4 is 17.7 Å². The zero-order valence-electron chi connectivity index (χ0n) is 11.1. The van der Waals surface area contributed by atoms with Crippen LogP contribution in [0.1, 0.15) is 24.0 Å². The maximum absolute atomic E-state index is 11.7. The number of carbonyl (C=O) groups excluding carboxylic acids is 1. The van der Waals surface area contributed by atoms with Crippen LogP contribution < -0.4 is 10.6 Å². The van der Waals surface area contributed by atoms with E-state index < -0.39 is 18.0 Å². The Kier molecular flexibility index (Phi) is 4.57. The smallest absolute Gasteiger partial charge is 0.326 e. The van der Waals surface area contributed by atoms with Gasteiger partial charge in [0.1, 0.15) is 6.04 Å². The van der Waals surface area contributed by atoms with Crippen LogP contribution in [0, 0.1) is 0 Å². The molecule has 1 aromatic carbocycles. The number of benzene rings is 1. The van der Waals surface area contributed by atoms with E-state index in [9.17, 15) is 9.59 Å². The molecule has 0 fully saturated rings. The van der Waals surface area contributed by atoms with Gasteiger partial charge in [0.2, 0.25) is 0 Å². The van der Waals surface area contributed by atoms with E-state index >= 15 is 0 Å². The lowest BCUT2D eigenvalue weighted by Crippen LogP contribution is -2.43. The Morgan fingerprint density at radius 1 is 1.25 bits per heavy atom. The van der Waals surface area contributed by atoms with E-state index in [0.717, 1.165) is 19.3 Å². The van der Waals surface area contributed by atoms with E-state index in [1.54, 1.807) is 0 Å². The molecule has 1 aliphatic rings. The van der Waals surface area contributed by atoms with Gasteiger partial charge >= 0.3 is 12.0 Å². The molecule has 1 aliphatic carbocycles. The highest BCUT2D eigenvalue weighted by molar-refractivity contribution is 5.92. The molecule has 108 valence electrons. The lowest BCUT2D eigenvalue weighted by Gasteiger charge is -2.14. The van der Waals surface area contributed by atoms with Crippen molar-refractivity contribution in [1.29, 1.82) is 0 Å². The largest absolute Gasteiger partial charge is 0.480 e. The molecule has 1 aromatic rings. The third kappa shape index (κ3) is 3.48. The van der Waals surface area contributed by atoms with Crippen molar-refractivity contribution in [3.63, 3.8) is 0 Å². The van der Waals surface area contributed by atoms with Gasteiger partial charge in [0.25, 0.3) is 0 Å². The van der Waals surface area contributed by atoms with E-state index in [4.69, 9.17) is 10.2 Å². The van der Waals surface area contributed by atoms with Crippen molar-refractivity contribution in [1.82, 2.24) is 5.32 Å². The molecule has 6 nitrogen and oxygen atoms in total. The van der Waals surface area contributed by atoms with Gasteiger partial charge in [0, 0.05) is 18.7 Å². The number of rotatable bonds is 5. The Hall–Kier alpha value is -2.08. The van der Waals surface area contributed by atoms with E-state index in [2.05, 4.69) is 10.6 Å². The fraction of sp³-hybridized carbons (Fsp3) is 0.429. The summed E-state index contributed by atoms with van der Waals surface area (Å²) in [5, 5.41) is 22.6. The molecule has 0 aromatic heterocycles. The number of hydrogen-bond donors (Lipinski definition) is 4. The first-order chi connectivity index (χ1) is 9.60. The molecule has 6 heteroatoms. The molecular formula is C14H18N2O4. The molecular weight excluding hydrogens is 260 g/mol. The first-order valence-corrected chi connectivity index (χ1v) is 6.63. The van der Waals surface area contributed by atoms with Gasteiger partial charge in [0.05, 0.1) is 0 Å². The first kappa shape index (κ1) is 14.3. The molecule has 4 N–H and O–H groups in total. The Bertz CT molecular complexity index is 516.